The van der Waals surface area contributed by atoms with Crippen molar-refractivity contribution in [3.63, 3.8) is 0 Å². The topological polar surface area (TPSA) is 75.3 Å². The second-order valence-electron chi connectivity index (χ2n) is 5.66. The standard InChI is InChI=1S/C13H22N2O2S/c1-13(2,3)7-9(16)8-15-12(17)11(14)10-5-4-6-18-10/h4-6,9,11,16H,7-8,14H2,1-3H3,(H,15,17). The molecule has 5 heteroatoms. The third kappa shape index (κ3) is 5.16. The van der Waals surface area contributed by atoms with Gasteiger partial charge in [-0.05, 0) is 23.3 Å². The fraction of sp³-hybridized carbons (Fsp3) is 0.615. The largest absolute Gasteiger partial charge is 0.391 e. The smallest absolute Gasteiger partial charge is 0.242 e. The minimum atomic E-state index is -0.646. The summed E-state index contributed by atoms with van der Waals surface area (Å²) in [5.41, 5.74) is 5.85. The Morgan fingerprint density at radius 3 is 2.72 bits per heavy atom. The van der Waals surface area contributed by atoms with Crippen LogP contribution in [-0.2, 0) is 4.79 Å². The van der Waals surface area contributed by atoms with Crippen molar-refractivity contribution in [3.8, 4) is 0 Å². The maximum Gasteiger partial charge on any atom is 0.242 e. The van der Waals surface area contributed by atoms with E-state index in [1.54, 1.807) is 0 Å². The second kappa shape index (κ2) is 6.31. The molecular formula is C13H22N2O2S. The monoisotopic (exact) mass is 270 g/mol. The number of carbonyl (C=O) groups excluding carboxylic acids is 1. The summed E-state index contributed by atoms with van der Waals surface area (Å²) in [6, 6.07) is 3.05. The van der Waals surface area contributed by atoms with E-state index < -0.39 is 12.1 Å². The lowest BCUT2D eigenvalue weighted by atomic mass is 9.89. The zero-order chi connectivity index (χ0) is 13.8. The molecule has 2 atom stereocenters. The van der Waals surface area contributed by atoms with Crippen molar-refractivity contribution in [3.05, 3.63) is 22.4 Å². The number of hydrogen-bond donors (Lipinski definition) is 3. The Bertz CT molecular complexity index is 371. The molecule has 1 rings (SSSR count). The van der Waals surface area contributed by atoms with Crippen LogP contribution in [0.25, 0.3) is 0 Å². The number of aliphatic hydroxyl groups excluding tert-OH is 1. The molecule has 0 saturated heterocycles. The molecule has 0 fully saturated rings. The van der Waals surface area contributed by atoms with Gasteiger partial charge in [0.25, 0.3) is 0 Å². The van der Waals surface area contributed by atoms with Crippen LogP contribution in [0.1, 0.15) is 38.1 Å². The maximum absolute atomic E-state index is 11.8. The molecule has 18 heavy (non-hydrogen) atoms. The fourth-order valence-electron chi connectivity index (χ4n) is 1.70. The van der Waals surface area contributed by atoms with Crippen LogP contribution in [0, 0.1) is 5.41 Å². The van der Waals surface area contributed by atoms with Gasteiger partial charge in [-0.1, -0.05) is 26.8 Å². The lowest BCUT2D eigenvalue weighted by Gasteiger charge is -2.22. The zero-order valence-corrected chi connectivity index (χ0v) is 12.0. The maximum atomic E-state index is 11.8. The number of hydrogen-bond acceptors (Lipinski definition) is 4. The van der Waals surface area contributed by atoms with Crippen molar-refractivity contribution >= 4 is 17.2 Å². The summed E-state index contributed by atoms with van der Waals surface area (Å²) in [5.74, 6) is -0.245. The molecule has 1 amide bonds. The average molecular weight is 270 g/mol. The third-order valence-corrected chi connectivity index (χ3v) is 3.45. The van der Waals surface area contributed by atoms with Crippen LogP contribution in [0.4, 0.5) is 0 Å². The van der Waals surface area contributed by atoms with Gasteiger partial charge in [-0.15, -0.1) is 11.3 Å². The van der Waals surface area contributed by atoms with Crippen molar-refractivity contribution in [1.82, 2.24) is 5.32 Å². The number of thiophene rings is 1. The summed E-state index contributed by atoms with van der Waals surface area (Å²) in [5, 5.41) is 14.4. The molecule has 1 aromatic heterocycles. The van der Waals surface area contributed by atoms with Crippen LogP contribution in [0.15, 0.2) is 17.5 Å². The van der Waals surface area contributed by atoms with Gasteiger partial charge in [0, 0.05) is 11.4 Å². The Kier molecular flexibility index (Phi) is 5.31. The Morgan fingerprint density at radius 2 is 2.22 bits per heavy atom. The number of amides is 1. The van der Waals surface area contributed by atoms with E-state index in [0.717, 1.165) is 4.88 Å². The normalized spacial score (nSPS) is 15.2. The van der Waals surface area contributed by atoms with Crippen LogP contribution < -0.4 is 11.1 Å². The first kappa shape index (κ1) is 15.1. The lowest BCUT2D eigenvalue weighted by molar-refractivity contribution is -0.123. The molecule has 0 spiro atoms. The van der Waals surface area contributed by atoms with Crippen LogP contribution in [0.3, 0.4) is 0 Å². The Morgan fingerprint density at radius 1 is 1.56 bits per heavy atom. The highest BCUT2D eigenvalue weighted by atomic mass is 32.1. The molecule has 0 aromatic carbocycles. The van der Waals surface area contributed by atoms with Gasteiger partial charge in [0.2, 0.25) is 5.91 Å². The summed E-state index contributed by atoms with van der Waals surface area (Å²) in [6.07, 6.45) is 0.103. The van der Waals surface area contributed by atoms with Crippen molar-refractivity contribution in [1.29, 1.82) is 0 Å². The number of nitrogens with one attached hydrogen (secondary N) is 1. The molecular weight excluding hydrogens is 248 g/mol. The highest BCUT2D eigenvalue weighted by molar-refractivity contribution is 7.10. The molecule has 1 heterocycles. The number of nitrogens with two attached hydrogens (primary N) is 1. The van der Waals surface area contributed by atoms with E-state index in [1.807, 2.05) is 17.5 Å². The molecule has 0 aliphatic carbocycles. The molecule has 4 N–H and O–H groups in total. The summed E-state index contributed by atoms with van der Waals surface area (Å²) in [7, 11) is 0. The third-order valence-electron chi connectivity index (χ3n) is 2.49. The van der Waals surface area contributed by atoms with Gasteiger partial charge in [-0.3, -0.25) is 4.79 Å². The first-order valence-electron chi connectivity index (χ1n) is 6.04. The molecule has 1 aromatic rings. The fourth-order valence-corrected chi connectivity index (χ4v) is 2.43. The summed E-state index contributed by atoms with van der Waals surface area (Å²) < 4.78 is 0. The molecule has 0 bridgehead atoms. The first-order chi connectivity index (χ1) is 8.29. The summed E-state index contributed by atoms with van der Waals surface area (Å²) >= 11 is 1.46. The van der Waals surface area contributed by atoms with Gasteiger partial charge in [-0.25, -0.2) is 0 Å². The predicted molar refractivity (Wildman–Crippen MR) is 74.3 cm³/mol. The van der Waals surface area contributed by atoms with Gasteiger partial charge >= 0.3 is 0 Å². The van der Waals surface area contributed by atoms with Crippen molar-refractivity contribution in [2.24, 2.45) is 11.1 Å². The minimum Gasteiger partial charge on any atom is -0.391 e. The number of aliphatic hydroxyl groups is 1. The van der Waals surface area contributed by atoms with Gasteiger partial charge in [0.15, 0.2) is 0 Å². The van der Waals surface area contributed by atoms with Crippen molar-refractivity contribution in [2.45, 2.75) is 39.3 Å². The average Bonchev–Trinajstić information content (AvgIpc) is 2.75. The molecule has 102 valence electrons. The van der Waals surface area contributed by atoms with Gasteiger partial charge in [0.1, 0.15) is 6.04 Å². The van der Waals surface area contributed by atoms with E-state index in [-0.39, 0.29) is 17.9 Å². The van der Waals surface area contributed by atoms with Crippen LogP contribution in [0.2, 0.25) is 0 Å². The Hall–Kier alpha value is -0.910. The van der Waals surface area contributed by atoms with E-state index in [0.29, 0.717) is 6.42 Å². The zero-order valence-electron chi connectivity index (χ0n) is 11.1. The predicted octanol–water partition coefficient (Wildman–Crippen LogP) is 1.66. The van der Waals surface area contributed by atoms with E-state index in [9.17, 15) is 9.90 Å². The number of carbonyl (C=O) groups is 1. The minimum absolute atomic E-state index is 0.0417. The van der Waals surface area contributed by atoms with E-state index >= 15 is 0 Å². The lowest BCUT2D eigenvalue weighted by Crippen LogP contribution is -2.39. The Labute approximate surface area is 112 Å². The molecule has 2 unspecified atom stereocenters. The van der Waals surface area contributed by atoms with E-state index in [2.05, 4.69) is 26.1 Å². The van der Waals surface area contributed by atoms with Crippen LogP contribution in [-0.4, -0.2) is 23.7 Å². The van der Waals surface area contributed by atoms with Crippen molar-refractivity contribution in [2.75, 3.05) is 6.54 Å². The summed E-state index contributed by atoms with van der Waals surface area (Å²) in [4.78, 5) is 12.6. The highest BCUT2D eigenvalue weighted by Crippen LogP contribution is 2.20. The summed E-state index contributed by atoms with van der Waals surface area (Å²) in [6.45, 7) is 6.40. The van der Waals surface area contributed by atoms with Crippen LogP contribution in [0.5, 0.6) is 0 Å². The second-order valence-corrected chi connectivity index (χ2v) is 6.64. The van der Waals surface area contributed by atoms with E-state index in [1.165, 1.54) is 11.3 Å². The SMILES string of the molecule is CC(C)(C)CC(O)CNC(=O)C(N)c1cccs1. The molecule has 0 radical (unpaired) electrons. The van der Waals surface area contributed by atoms with Gasteiger partial charge < -0.3 is 16.2 Å². The first-order valence-corrected chi connectivity index (χ1v) is 6.92. The van der Waals surface area contributed by atoms with Gasteiger partial charge in [0.05, 0.1) is 6.10 Å². The molecule has 0 saturated carbocycles. The van der Waals surface area contributed by atoms with Crippen LogP contribution >= 0.6 is 11.3 Å². The molecule has 4 nitrogen and oxygen atoms in total. The van der Waals surface area contributed by atoms with Gasteiger partial charge in [-0.2, -0.15) is 0 Å². The molecule has 0 aliphatic rings. The Balaban J connectivity index is 2.37. The molecule has 0 aliphatic heterocycles. The van der Waals surface area contributed by atoms with E-state index in [4.69, 9.17) is 5.73 Å². The van der Waals surface area contributed by atoms with Crippen molar-refractivity contribution < 1.29 is 9.90 Å². The number of rotatable bonds is 5. The quantitative estimate of drug-likeness (QED) is 0.761. The highest BCUT2D eigenvalue weighted by Gasteiger charge is 2.20.